The zero-order chi connectivity index (χ0) is 62.5. The Morgan fingerprint density at radius 3 is 1.36 bits per heavy atom. The molecule has 22 heteroatoms. The molecule has 0 radical (unpaired) electrons. The number of benzene rings is 1. The second kappa shape index (κ2) is 27.2. The van der Waals surface area contributed by atoms with Gasteiger partial charge in [-0.3, -0.25) is 9.59 Å². The van der Waals surface area contributed by atoms with E-state index in [1.807, 2.05) is 47.6 Å². The fourth-order valence-electron chi connectivity index (χ4n) is 17.0. The van der Waals surface area contributed by atoms with E-state index in [1.54, 1.807) is 59.8 Å². The van der Waals surface area contributed by atoms with Crippen LogP contribution in [0.25, 0.3) is 0 Å². The molecule has 8 fully saturated rings. The predicted octanol–water partition coefficient (Wildman–Crippen LogP) is 6.83. The molecule has 1 aromatic carbocycles. The highest BCUT2D eigenvalue weighted by Crippen LogP contribution is 2.70. The zero-order valence-corrected chi connectivity index (χ0v) is 53.4. The summed E-state index contributed by atoms with van der Waals surface area (Å²) in [5.74, 6) is -2.06. The first kappa shape index (κ1) is 66.8. The Labute approximate surface area is 512 Å². The lowest BCUT2D eigenvalue weighted by atomic mass is 9.43. The quantitative estimate of drug-likeness (QED) is 0.106. The van der Waals surface area contributed by atoms with Gasteiger partial charge in [0.25, 0.3) is 0 Å². The molecule has 87 heavy (non-hydrogen) atoms. The van der Waals surface area contributed by atoms with E-state index < -0.39 is 175 Å². The van der Waals surface area contributed by atoms with Crippen molar-refractivity contribution in [3.8, 4) is 0 Å². The molecule has 4 aliphatic carbocycles. The Kier molecular flexibility index (Phi) is 20.9. The predicted molar refractivity (Wildman–Crippen MR) is 308 cm³/mol. The van der Waals surface area contributed by atoms with Gasteiger partial charge in [-0.1, -0.05) is 43.7 Å². The molecular weight excluding hydrogens is 1130 g/mol. The number of ketones is 1. The molecule has 1 aromatic rings. The van der Waals surface area contributed by atoms with E-state index in [1.165, 1.54) is 13.8 Å². The molecule has 0 bridgehead atoms. The summed E-state index contributed by atoms with van der Waals surface area (Å²) in [5, 5.41) is 26.0. The molecule has 0 amide bonds. The Morgan fingerprint density at radius 2 is 0.943 bits per heavy atom. The molecule has 10 rings (SSSR count). The van der Waals surface area contributed by atoms with Gasteiger partial charge in [0.2, 0.25) is 0 Å². The summed E-state index contributed by atoms with van der Waals surface area (Å²) in [6.07, 6.45) is -4.24. The van der Waals surface area contributed by atoms with Gasteiger partial charge in [0, 0.05) is 91.8 Å². The van der Waals surface area contributed by atoms with Crippen LogP contribution in [0, 0.1) is 22.7 Å². The van der Waals surface area contributed by atoms with Gasteiger partial charge in [0.05, 0.1) is 66.6 Å². The minimum Gasteiger partial charge on any atom is -0.458 e. The SMILES string of the molecule is CO[C@H]1C[C@H](O[C@@H]2[C@@H](C)O[C@@H](O[C@@H]3[C@@H](C)O[C@@H](O[C@H]4[C@@H](OC)C[C@H](O[C@H]5[C@@H](OC)C[C@H](O[C@H]6CC[C@@]7(C)C(=CC[C@]8(O)[C@@H]7C[C@@H](OC(=O)c7ccccc7)[C@]7(C)[C@H](C(C)=O)CC[C@@]78O)C6)O[C@@H]5C)O[C@@H]4C)C[C@H]3OC)C[C@H]2OC)O[C@H](C)[C@H]1OC(C)=O. The number of carbonyl (C=O) groups is 3. The summed E-state index contributed by atoms with van der Waals surface area (Å²) in [7, 11) is 8.15. The van der Waals surface area contributed by atoms with Gasteiger partial charge < -0.3 is 90.7 Å². The van der Waals surface area contributed by atoms with E-state index in [9.17, 15) is 24.6 Å². The van der Waals surface area contributed by atoms with Gasteiger partial charge in [-0.05, 0) is 104 Å². The van der Waals surface area contributed by atoms with Crippen LogP contribution < -0.4 is 0 Å². The van der Waals surface area contributed by atoms with Crippen LogP contribution in [0.15, 0.2) is 42.0 Å². The summed E-state index contributed by atoms with van der Waals surface area (Å²) in [5.41, 5.74) is -3.48. The van der Waals surface area contributed by atoms with Gasteiger partial charge in [-0.25, -0.2) is 4.79 Å². The number of hydrogen-bond donors (Lipinski definition) is 2. The molecule has 490 valence electrons. The maximum atomic E-state index is 13.8. The lowest BCUT2D eigenvalue weighted by Gasteiger charge is -2.66. The summed E-state index contributed by atoms with van der Waals surface area (Å²) >= 11 is 0. The topological polar surface area (TPSA) is 249 Å². The number of aliphatic hydroxyl groups is 2. The van der Waals surface area contributed by atoms with Crippen LogP contribution >= 0.6 is 0 Å². The number of hydrogen-bond acceptors (Lipinski definition) is 22. The van der Waals surface area contributed by atoms with Crippen LogP contribution in [0.5, 0.6) is 0 Å². The van der Waals surface area contributed by atoms with E-state index in [-0.39, 0.29) is 24.7 Å². The second-order valence-corrected chi connectivity index (χ2v) is 26.5. The Hall–Kier alpha value is -3.11. The fourth-order valence-corrected chi connectivity index (χ4v) is 17.0. The molecule has 3 saturated carbocycles. The molecule has 0 unspecified atom stereocenters. The minimum absolute atomic E-state index is 0.0874. The van der Waals surface area contributed by atoms with Crippen molar-refractivity contribution in [1.82, 2.24) is 0 Å². The third-order valence-electron chi connectivity index (χ3n) is 21.7. The lowest BCUT2D eigenvalue weighted by molar-refractivity contribution is -0.352. The molecule has 9 aliphatic rings. The van der Waals surface area contributed by atoms with Crippen molar-refractivity contribution in [2.45, 2.75) is 286 Å². The van der Waals surface area contributed by atoms with Crippen LogP contribution in [0.4, 0.5) is 0 Å². The van der Waals surface area contributed by atoms with Crippen LogP contribution in [-0.2, 0) is 90.1 Å². The van der Waals surface area contributed by atoms with Crippen molar-refractivity contribution in [3.63, 3.8) is 0 Å². The van der Waals surface area contributed by atoms with Crippen LogP contribution in [-0.4, -0.2) is 210 Å². The van der Waals surface area contributed by atoms with Gasteiger partial charge in [-0.15, -0.1) is 0 Å². The van der Waals surface area contributed by atoms with Crippen molar-refractivity contribution >= 4 is 17.7 Å². The van der Waals surface area contributed by atoms with Gasteiger partial charge in [0.1, 0.15) is 53.6 Å². The number of Topliss-reactive ketones (excluding diaryl/α,β-unsaturated/α-hetero) is 1. The smallest absolute Gasteiger partial charge is 0.338 e. The molecule has 5 heterocycles. The van der Waals surface area contributed by atoms with E-state index >= 15 is 0 Å². The summed E-state index contributed by atoms with van der Waals surface area (Å²) in [6.45, 7) is 16.4. The third kappa shape index (κ3) is 12.9. The highest BCUT2D eigenvalue weighted by atomic mass is 16.8. The van der Waals surface area contributed by atoms with E-state index in [0.29, 0.717) is 69.8 Å². The Morgan fingerprint density at radius 1 is 0.529 bits per heavy atom. The van der Waals surface area contributed by atoms with E-state index in [0.717, 1.165) is 5.57 Å². The Balaban J connectivity index is 0.712. The van der Waals surface area contributed by atoms with Crippen molar-refractivity contribution in [1.29, 1.82) is 0 Å². The normalized spacial score (nSPS) is 47.4. The van der Waals surface area contributed by atoms with Gasteiger partial charge in [0.15, 0.2) is 37.6 Å². The van der Waals surface area contributed by atoms with Crippen molar-refractivity contribution in [2.24, 2.45) is 22.7 Å². The monoisotopic (exact) mass is 1230 g/mol. The average molecular weight is 1230 g/mol. The maximum Gasteiger partial charge on any atom is 0.338 e. The lowest BCUT2D eigenvalue weighted by Crippen LogP contribution is -2.75. The van der Waals surface area contributed by atoms with Crippen LogP contribution in [0.2, 0.25) is 0 Å². The van der Waals surface area contributed by atoms with Crippen molar-refractivity contribution in [2.75, 3.05) is 35.5 Å². The van der Waals surface area contributed by atoms with E-state index in [4.69, 9.17) is 80.5 Å². The molecule has 22 nitrogen and oxygen atoms in total. The first-order valence-electron chi connectivity index (χ1n) is 31.7. The zero-order valence-electron chi connectivity index (χ0n) is 53.4. The van der Waals surface area contributed by atoms with Crippen LogP contribution in [0.3, 0.4) is 0 Å². The average Bonchev–Trinajstić information content (AvgIpc) is 1.65. The molecule has 5 saturated heterocycles. The summed E-state index contributed by atoms with van der Waals surface area (Å²) < 4.78 is 107. The molecule has 0 spiro atoms. The molecule has 5 aliphatic heterocycles. The number of methoxy groups -OCH3 is 5. The van der Waals surface area contributed by atoms with E-state index in [2.05, 4.69) is 13.0 Å². The molecule has 2 N–H and O–H groups in total. The Bertz CT molecular complexity index is 2540. The van der Waals surface area contributed by atoms with Gasteiger partial charge >= 0.3 is 11.9 Å². The van der Waals surface area contributed by atoms with Crippen molar-refractivity contribution in [3.05, 3.63) is 47.5 Å². The largest absolute Gasteiger partial charge is 0.458 e. The first-order valence-corrected chi connectivity index (χ1v) is 31.7. The minimum atomic E-state index is -1.69. The number of carbonyl (C=O) groups excluding carboxylic acids is 3. The molecular formula is C65H98O22. The summed E-state index contributed by atoms with van der Waals surface area (Å²) in [6, 6.07) is 8.78. The maximum absolute atomic E-state index is 13.8. The summed E-state index contributed by atoms with van der Waals surface area (Å²) in [4.78, 5) is 38.8. The highest BCUT2D eigenvalue weighted by Gasteiger charge is 2.77. The third-order valence-corrected chi connectivity index (χ3v) is 21.7. The number of ether oxygens (including phenoxy) is 17. The highest BCUT2D eigenvalue weighted by molar-refractivity contribution is 5.89. The van der Waals surface area contributed by atoms with Crippen molar-refractivity contribution < 1.29 is 105 Å². The standard InChI is InChI=1S/C65H98O22/c1-33(66)43-22-25-65(70)63(43,9)50(83-61(68)40-18-16-15-17-19-40)32-49-62(8)23-21-42(26-41(62)20-24-64(49,65)69)82-51-27-45(72-11)57(35(3)76-51)85-53-29-47(74-13)59(37(5)78-53)87-55-31-48(75-14)60(38(6)80-55)86-54-30-46(73-12)58(36(4)79-54)84-52-28-44(71-10)56(34(2)77-52)81-39(7)67/h15-20,34-38,42-60,69-70H,21-32H2,1-14H3/t34-,35-,36-,37-,38-,42+,43+,44+,45+,46-,47+,48-,49-,50-,51+,52+,53+,54+,55+,56-,57-,58-,59-,60-,62+,63+,64+,65-/m1/s1. The molecule has 0 aromatic heterocycles. The van der Waals surface area contributed by atoms with Crippen LogP contribution in [0.1, 0.15) is 150 Å². The second-order valence-electron chi connectivity index (χ2n) is 26.5. The number of fused-ring (bicyclic) bond motifs is 5. The number of esters is 2. The first-order chi connectivity index (χ1) is 41.4. The molecule has 28 atom stereocenters. The fraction of sp³-hybridized carbons (Fsp3) is 0.831. The number of rotatable bonds is 19. The van der Waals surface area contributed by atoms with Gasteiger partial charge in [-0.2, -0.15) is 0 Å².